The highest BCUT2D eigenvalue weighted by molar-refractivity contribution is 4.84. The van der Waals surface area contributed by atoms with Crippen molar-refractivity contribution in [1.82, 2.24) is 4.90 Å². The van der Waals surface area contributed by atoms with Crippen molar-refractivity contribution in [2.24, 2.45) is 5.73 Å². The van der Waals surface area contributed by atoms with E-state index in [1.54, 1.807) is 11.9 Å². The highest BCUT2D eigenvalue weighted by atomic mass is 19.3. The highest BCUT2D eigenvalue weighted by Crippen LogP contribution is 2.24. The van der Waals surface area contributed by atoms with Gasteiger partial charge in [-0.2, -0.15) is 0 Å². The van der Waals surface area contributed by atoms with Gasteiger partial charge in [0.15, 0.2) is 0 Å². The van der Waals surface area contributed by atoms with Crippen molar-refractivity contribution >= 4 is 0 Å². The van der Waals surface area contributed by atoms with Gasteiger partial charge >= 0.3 is 0 Å². The van der Waals surface area contributed by atoms with E-state index in [0.29, 0.717) is 6.54 Å². The predicted octanol–water partition coefficient (Wildman–Crippen LogP) is 0.285. The lowest BCUT2D eigenvalue weighted by Crippen LogP contribution is -2.50. The highest BCUT2D eigenvalue weighted by Gasteiger charge is 2.37. The van der Waals surface area contributed by atoms with E-state index in [1.807, 2.05) is 0 Å². The maximum atomic E-state index is 12.6. The van der Waals surface area contributed by atoms with Gasteiger partial charge in [0.1, 0.15) is 0 Å². The zero-order valence-electron chi connectivity index (χ0n) is 5.98. The van der Waals surface area contributed by atoms with Crippen molar-refractivity contribution in [2.45, 2.75) is 18.4 Å². The van der Waals surface area contributed by atoms with Crippen LogP contribution in [0.4, 0.5) is 8.78 Å². The maximum Gasteiger partial charge on any atom is 0.262 e. The van der Waals surface area contributed by atoms with Crippen LogP contribution in [0.15, 0.2) is 0 Å². The Bertz CT molecular complexity index is 115. The van der Waals surface area contributed by atoms with E-state index in [2.05, 4.69) is 0 Å². The number of alkyl halides is 2. The topological polar surface area (TPSA) is 29.3 Å². The molecule has 4 heteroatoms. The molecule has 10 heavy (non-hydrogen) atoms. The quantitative estimate of drug-likeness (QED) is 0.537. The molecule has 2 N–H and O–H groups in total. The number of piperidine rings is 1. The molecule has 0 bridgehead atoms. The third-order valence-electron chi connectivity index (χ3n) is 1.61. The molecule has 0 aromatic carbocycles. The fourth-order valence-electron chi connectivity index (χ4n) is 1.37. The van der Waals surface area contributed by atoms with Gasteiger partial charge in [0, 0.05) is 19.0 Å². The van der Waals surface area contributed by atoms with Gasteiger partial charge in [-0.25, -0.2) is 8.78 Å². The van der Waals surface area contributed by atoms with E-state index in [1.165, 1.54) is 0 Å². The van der Waals surface area contributed by atoms with Crippen LogP contribution in [0.2, 0.25) is 0 Å². The van der Waals surface area contributed by atoms with Gasteiger partial charge < -0.3 is 5.73 Å². The van der Waals surface area contributed by atoms with Crippen molar-refractivity contribution in [3.8, 4) is 0 Å². The number of nitrogens with zero attached hydrogens (tertiary/aromatic N) is 1. The summed E-state index contributed by atoms with van der Waals surface area (Å²) < 4.78 is 25.2. The minimum atomic E-state index is -2.58. The number of nitrogens with two attached hydrogens (primary N) is 1. The molecular weight excluding hydrogens is 138 g/mol. The Morgan fingerprint density at radius 2 is 2.20 bits per heavy atom. The monoisotopic (exact) mass is 150 g/mol. The van der Waals surface area contributed by atoms with E-state index in [9.17, 15) is 8.78 Å². The molecule has 0 saturated carbocycles. The summed E-state index contributed by atoms with van der Waals surface area (Å²) in [4.78, 5) is 1.56. The summed E-state index contributed by atoms with van der Waals surface area (Å²) in [7, 11) is 1.66. The van der Waals surface area contributed by atoms with Gasteiger partial charge in [0.2, 0.25) is 0 Å². The largest absolute Gasteiger partial charge is 0.326 e. The molecule has 0 aromatic heterocycles. The zero-order chi connectivity index (χ0) is 7.78. The zero-order valence-corrected chi connectivity index (χ0v) is 5.98. The lowest BCUT2D eigenvalue weighted by Gasteiger charge is -2.33. The third-order valence-corrected chi connectivity index (χ3v) is 1.61. The van der Waals surface area contributed by atoms with Crippen LogP contribution in [0, 0.1) is 0 Å². The number of likely N-dealkylation sites (N-methyl/N-ethyl adjacent to an activating group) is 1. The molecule has 1 aliphatic rings. The molecule has 1 heterocycles. The van der Waals surface area contributed by atoms with Crippen molar-refractivity contribution in [2.75, 3.05) is 20.1 Å². The second-order valence-corrected chi connectivity index (χ2v) is 3.02. The second-order valence-electron chi connectivity index (χ2n) is 3.02. The van der Waals surface area contributed by atoms with Gasteiger partial charge in [-0.1, -0.05) is 0 Å². The summed E-state index contributed by atoms with van der Waals surface area (Å²) in [5, 5.41) is 0. The Morgan fingerprint density at radius 1 is 1.60 bits per heavy atom. The molecule has 2 nitrogen and oxygen atoms in total. The van der Waals surface area contributed by atoms with Gasteiger partial charge in [0.05, 0.1) is 6.54 Å². The van der Waals surface area contributed by atoms with Crippen LogP contribution in [-0.2, 0) is 0 Å². The molecule has 60 valence electrons. The van der Waals surface area contributed by atoms with Crippen LogP contribution in [0.3, 0.4) is 0 Å². The SMILES string of the molecule is CN1C[C@@H](N)CC(F)(F)C1. The number of hydrogen-bond donors (Lipinski definition) is 1. The number of halogens is 2. The number of hydrogen-bond acceptors (Lipinski definition) is 2. The van der Waals surface area contributed by atoms with E-state index >= 15 is 0 Å². The smallest absolute Gasteiger partial charge is 0.262 e. The van der Waals surface area contributed by atoms with Crippen molar-refractivity contribution in [3.63, 3.8) is 0 Å². The van der Waals surface area contributed by atoms with Crippen LogP contribution in [0.25, 0.3) is 0 Å². The molecule has 0 spiro atoms. The summed E-state index contributed by atoms with van der Waals surface area (Å²) in [6.45, 7) is 0.427. The Balaban J connectivity index is 2.51. The first kappa shape index (κ1) is 7.88. The van der Waals surface area contributed by atoms with Crippen molar-refractivity contribution in [3.05, 3.63) is 0 Å². The maximum absolute atomic E-state index is 12.6. The fourth-order valence-corrected chi connectivity index (χ4v) is 1.37. The Kier molecular flexibility index (Phi) is 1.92. The molecule has 0 aromatic rings. The lowest BCUT2D eigenvalue weighted by molar-refractivity contribution is -0.0636. The second kappa shape index (κ2) is 2.43. The first-order chi connectivity index (χ1) is 4.49. The average molecular weight is 150 g/mol. The van der Waals surface area contributed by atoms with Gasteiger partial charge in [-0.3, -0.25) is 4.90 Å². The fraction of sp³-hybridized carbons (Fsp3) is 1.00. The molecule has 1 rings (SSSR count). The van der Waals surface area contributed by atoms with Crippen molar-refractivity contribution < 1.29 is 8.78 Å². The Morgan fingerprint density at radius 3 is 2.60 bits per heavy atom. The molecule has 0 unspecified atom stereocenters. The molecular formula is C6H12F2N2. The van der Waals surface area contributed by atoms with Crippen molar-refractivity contribution in [1.29, 1.82) is 0 Å². The molecule has 0 amide bonds. The van der Waals surface area contributed by atoms with Crippen LogP contribution in [0.5, 0.6) is 0 Å². The summed E-state index contributed by atoms with van der Waals surface area (Å²) >= 11 is 0. The standard InChI is InChI=1S/C6H12F2N2/c1-10-3-5(9)2-6(7,8)4-10/h5H,2-4,9H2,1H3/t5-/m0/s1. The molecule has 1 atom stereocenters. The molecule has 1 aliphatic heterocycles. The molecule has 1 saturated heterocycles. The van der Waals surface area contributed by atoms with Crippen LogP contribution >= 0.6 is 0 Å². The van der Waals surface area contributed by atoms with Crippen LogP contribution in [-0.4, -0.2) is 37.0 Å². The average Bonchev–Trinajstić information content (AvgIpc) is 1.54. The van der Waals surface area contributed by atoms with E-state index in [-0.39, 0.29) is 19.0 Å². The van der Waals surface area contributed by atoms with Crippen LogP contribution in [0.1, 0.15) is 6.42 Å². The van der Waals surface area contributed by atoms with Gasteiger partial charge in [-0.15, -0.1) is 0 Å². The van der Waals surface area contributed by atoms with Crippen LogP contribution < -0.4 is 5.73 Å². The molecule has 0 aliphatic carbocycles. The summed E-state index contributed by atoms with van der Waals surface area (Å²) in [5.74, 6) is -2.58. The van der Waals surface area contributed by atoms with E-state index in [4.69, 9.17) is 5.73 Å². The van der Waals surface area contributed by atoms with Gasteiger partial charge in [-0.05, 0) is 7.05 Å². The normalized spacial score (nSPS) is 34.2. The van der Waals surface area contributed by atoms with Gasteiger partial charge in [0.25, 0.3) is 5.92 Å². The van der Waals surface area contributed by atoms with E-state index in [0.717, 1.165) is 0 Å². The van der Waals surface area contributed by atoms with E-state index < -0.39 is 5.92 Å². The lowest BCUT2D eigenvalue weighted by atomic mass is 10.0. The molecule has 0 radical (unpaired) electrons. The molecule has 1 fully saturated rings. The summed E-state index contributed by atoms with van der Waals surface area (Å²) in [5.41, 5.74) is 5.38. The summed E-state index contributed by atoms with van der Waals surface area (Å²) in [6.07, 6.45) is -0.169. The first-order valence-corrected chi connectivity index (χ1v) is 3.31. The Labute approximate surface area is 59.0 Å². The number of likely N-dealkylation sites (tertiary alicyclic amines) is 1. The first-order valence-electron chi connectivity index (χ1n) is 3.31. The predicted molar refractivity (Wildman–Crippen MR) is 35.0 cm³/mol. The Hall–Kier alpha value is -0.220. The third kappa shape index (κ3) is 1.88. The number of rotatable bonds is 0. The minimum absolute atomic E-state index is 0.152. The summed E-state index contributed by atoms with van der Waals surface area (Å²) in [6, 6.07) is -0.367. The minimum Gasteiger partial charge on any atom is -0.326 e.